The number of carbonyl (C=O) groups is 1. The average Bonchev–Trinajstić information content (AvgIpc) is 2.22. The van der Waals surface area contributed by atoms with Crippen LogP contribution in [0.15, 0.2) is 22.7 Å². The fourth-order valence-corrected chi connectivity index (χ4v) is 1.45. The Kier molecular flexibility index (Phi) is 6.52. The maximum atomic E-state index is 11.7. The minimum Gasteiger partial charge on any atom is -0.506 e. The highest BCUT2D eigenvalue weighted by Gasteiger charge is 2.18. The van der Waals surface area contributed by atoms with Crippen molar-refractivity contribution < 1.29 is 9.90 Å². The van der Waals surface area contributed by atoms with E-state index in [1.165, 1.54) is 6.07 Å². The summed E-state index contributed by atoms with van der Waals surface area (Å²) in [5.41, 5.74) is 6.01. The van der Waals surface area contributed by atoms with Crippen LogP contribution >= 0.6 is 28.3 Å². The van der Waals surface area contributed by atoms with Crippen molar-refractivity contribution in [3.05, 3.63) is 22.7 Å². The van der Waals surface area contributed by atoms with E-state index in [4.69, 9.17) is 5.73 Å². The normalized spacial score (nSPS) is 13.4. The molecule has 1 amide bonds. The summed E-state index contributed by atoms with van der Waals surface area (Å²) < 4.78 is 0.786. The number of hydrogen-bond donors (Lipinski definition) is 3. The van der Waals surface area contributed by atoms with Gasteiger partial charge in [0.15, 0.2) is 0 Å². The van der Waals surface area contributed by atoms with E-state index >= 15 is 0 Å². The Bertz CT molecular complexity index is 399. The van der Waals surface area contributed by atoms with Crippen LogP contribution in [0.4, 0.5) is 5.69 Å². The van der Waals surface area contributed by atoms with Gasteiger partial charge in [0.2, 0.25) is 5.91 Å². The molecule has 6 heteroatoms. The predicted octanol–water partition coefficient (Wildman–Crippen LogP) is 2.50. The number of anilines is 1. The van der Waals surface area contributed by atoms with Crippen LogP contribution in [0.2, 0.25) is 0 Å². The van der Waals surface area contributed by atoms with Gasteiger partial charge >= 0.3 is 0 Å². The summed E-state index contributed by atoms with van der Waals surface area (Å²) in [4.78, 5) is 11.7. The molecule has 2 unspecified atom stereocenters. The molecule has 0 saturated heterocycles. The average molecular weight is 324 g/mol. The zero-order valence-corrected chi connectivity index (χ0v) is 12.0. The number of nitrogens with one attached hydrogen (secondary N) is 1. The molecular weight excluding hydrogens is 307 g/mol. The van der Waals surface area contributed by atoms with Gasteiger partial charge in [-0.1, -0.05) is 22.9 Å². The number of carbonyl (C=O) groups excluding carboxylic acids is 1. The Balaban J connectivity index is 0.00000256. The second-order valence-electron chi connectivity index (χ2n) is 3.80. The molecule has 1 rings (SSSR count). The van der Waals surface area contributed by atoms with Crippen molar-refractivity contribution in [1.29, 1.82) is 0 Å². The lowest BCUT2D eigenvalue weighted by Crippen LogP contribution is -2.34. The van der Waals surface area contributed by atoms with Crippen molar-refractivity contribution in [2.75, 3.05) is 5.32 Å². The summed E-state index contributed by atoms with van der Waals surface area (Å²) in [7, 11) is 0. The second kappa shape index (κ2) is 6.83. The Labute approximate surface area is 115 Å². The molecule has 1 aromatic rings. The van der Waals surface area contributed by atoms with E-state index in [9.17, 15) is 9.90 Å². The molecule has 17 heavy (non-hydrogen) atoms. The van der Waals surface area contributed by atoms with Crippen molar-refractivity contribution in [3.63, 3.8) is 0 Å². The van der Waals surface area contributed by atoms with Crippen molar-refractivity contribution in [2.45, 2.75) is 19.9 Å². The third-order valence-electron chi connectivity index (χ3n) is 2.42. The lowest BCUT2D eigenvalue weighted by atomic mass is 10.0. The van der Waals surface area contributed by atoms with E-state index in [0.717, 1.165) is 4.47 Å². The molecule has 0 aliphatic carbocycles. The Morgan fingerprint density at radius 3 is 2.59 bits per heavy atom. The van der Waals surface area contributed by atoms with Crippen LogP contribution in [-0.2, 0) is 4.79 Å². The minimum absolute atomic E-state index is 0. The molecule has 0 fully saturated rings. The first-order valence-corrected chi connectivity index (χ1v) is 5.76. The SMILES string of the molecule is CC(N)C(C)C(=O)Nc1cc(Br)ccc1O.Cl. The van der Waals surface area contributed by atoms with Crippen LogP contribution < -0.4 is 11.1 Å². The van der Waals surface area contributed by atoms with E-state index in [1.807, 2.05) is 0 Å². The first-order chi connectivity index (χ1) is 7.41. The third kappa shape index (κ3) is 4.53. The number of halogens is 2. The van der Waals surface area contributed by atoms with Gasteiger partial charge in [-0.25, -0.2) is 0 Å². The predicted molar refractivity (Wildman–Crippen MR) is 74.5 cm³/mol. The molecule has 0 heterocycles. The number of phenolic OH excluding ortho intramolecular Hbond substituents is 1. The lowest BCUT2D eigenvalue weighted by molar-refractivity contribution is -0.119. The highest BCUT2D eigenvalue weighted by molar-refractivity contribution is 9.10. The van der Waals surface area contributed by atoms with Crippen LogP contribution in [0.5, 0.6) is 5.75 Å². The first-order valence-electron chi connectivity index (χ1n) is 4.96. The van der Waals surface area contributed by atoms with Crippen molar-refractivity contribution >= 4 is 39.9 Å². The van der Waals surface area contributed by atoms with Gasteiger partial charge in [-0.05, 0) is 25.1 Å². The Morgan fingerprint density at radius 1 is 1.47 bits per heavy atom. The van der Waals surface area contributed by atoms with Gasteiger partial charge < -0.3 is 16.2 Å². The van der Waals surface area contributed by atoms with Crippen LogP contribution in [0.3, 0.4) is 0 Å². The standard InChI is InChI=1S/C11H15BrN2O2.ClH/c1-6(7(2)13)11(16)14-9-5-8(12)3-4-10(9)15;/h3-7,15H,13H2,1-2H3,(H,14,16);1H. The highest BCUT2D eigenvalue weighted by atomic mass is 79.9. The molecule has 4 N–H and O–H groups in total. The molecule has 1 aromatic carbocycles. The molecule has 0 bridgehead atoms. The van der Waals surface area contributed by atoms with Crippen molar-refractivity contribution in [2.24, 2.45) is 11.7 Å². The number of amides is 1. The van der Waals surface area contributed by atoms with Gasteiger partial charge in [0.1, 0.15) is 5.75 Å². The molecule has 0 radical (unpaired) electrons. The zero-order chi connectivity index (χ0) is 12.3. The quantitative estimate of drug-likeness (QED) is 0.748. The van der Waals surface area contributed by atoms with E-state index < -0.39 is 0 Å². The Morgan fingerprint density at radius 2 is 2.06 bits per heavy atom. The Hall–Kier alpha value is -0.780. The fourth-order valence-electron chi connectivity index (χ4n) is 1.09. The third-order valence-corrected chi connectivity index (χ3v) is 2.91. The molecule has 0 aliphatic heterocycles. The topological polar surface area (TPSA) is 75.4 Å². The highest BCUT2D eigenvalue weighted by Crippen LogP contribution is 2.27. The molecule has 0 spiro atoms. The number of phenols is 1. The molecule has 2 atom stereocenters. The zero-order valence-electron chi connectivity index (χ0n) is 9.61. The number of benzene rings is 1. The smallest absolute Gasteiger partial charge is 0.228 e. The van der Waals surface area contributed by atoms with Crippen molar-refractivity contribution in [3.8, 4) is 5.75 Å². The molecule has 96 valence electrons. The van der Waals surface area contributed by atoms with E-state index in [2.05, 4.69) is 21.2 Å². The number of nitrogens with two attached hydrogens (primary N) is 1. The van der Waals surface area contributed by atoms with Crippen LogP contribution in [0.25, 0.3) is 0 Å². The van der Waals surface area contributed by atoms with E-state index in [-0.39, 0.29) is 36.0 Å². The van der Waals surface area contributed by atoms with Gasteiger partial charge in [-0.2, -0.15) is 0 Å². The van der Waals surface area contributed by atoms with Gasteiger partial charge in [-0.15, -0.1) is 12.4 Å². The van der Waals surface area contributed by atoms with Crippen LogP contribution in [0, 0.1) is 5.92 Å². The summed E-state index contributed by atoms with van der Waals surface area (Å²) in [6.07, 6.45) is 0. The number of aromatic hydroxyl groups is 1. The summed E-state index contributed by atoms with van der Waals surface area (Å²) in [5.74, 6) is -0.477. The first kappa shape index (κ1) is 16.2. The monoisotopic (exact) mass is 322 g/mol. The largest absolute Gasteiger partial charge is 0.506 e. The van der Waals surface area contributed by atoms with Gasteiger partial charge in [0.25, 0.3) is 0 Å². The van der Waals surface area contributed by atoms with Crippen LogP contribution in [-0.4, -0.2) is 17.1 Å². The van der Waals surface area contributed by atoms with Crippen LogP contribution in [0.1, 0.15) is 13.8 Å². The molecule has 0 aliphatic rings. The second-order valence-corrected chi connectivity index (χ2v) is 4.71. The molecule has 4 nitrogen and oxygen atoms in total. The fraction of sp³-hybridized carbons (Fsp3) is 0.364. The minimum atomic E-state index is -0.307. The van der Waals surface area contributed by atoms with Gasteiger partial charge in [0, 0.05) is 10.5 Å². The lowest BCUT2D eigenvalue weighted by Gasteiger charge is -2.16. The molecule has 0 saturated carbocycles. The van der Waals surface area contributed by atoms with Gasteiger partial charge in [-0.3, -0.25) is 4.79 Å². The summed E-state index contributed by atoms with van der Waals surface area (Å²) in [5, 5.41) is 12.2. The number of hydrogen-bond acceptors (Lipinski definition) is 3. The maximum Gasteiger partial charge on any atom is 0.228 e. The summed E-state index contributed by atoms with van der Waals surface area (Å²) >= 11 is 3.27. The summed E-state index contributed by atoms with van der Waals surface area (Å²) in [6.45, 7) is 3.51. The molecule has 0 aromatic heterocycles. The maximum absolute atomic E-state index is 11.7. The number of rotatable bonds is 3. The van der Waals surface area contributed by atoms with Crippen molar-refractivity contribution in [1.82, 2.24) is 0 Å². The summed E-state index contributed by atoms with van der Waals surface area (Å²) in [6, 6.07) is 4.62. The van der Waals surface area contributed by atoms with E-state index in [0.29, 0.717) is 5.69 Å². The molecular formula is C11H16BrClN2O2. The van der Waals surface area contributed by atoms with E-state index in [1.54, 1.807) is 26.0 Å². The van der Waals surface area contributed by atoms with Gasteiger partial charge in [0.05, 0.1) is 11.6 Å².